The molecule has 21 heavy (non-hydrogen) atoms. The molecule has 0 aliphatic heterocycles. The highest BCUT2D eigenvalue weighted by Gasteiger charge is 2.10. The van der Waals surface area contributed by atoms with Crippen LogP contribution < -0.4 is 10.6 Å². The number of rotatable bonds is 5. The third kappa shape index (κ3) is 4.43. The molecule has 0 radical (unpaired) electrons. The topological polar surface area (TPSA) is 58.2 Å². The van der Waals surface area contributed by atoms with Crippen molar-refractivity contribution < 1.29 is 9.59 Å². The summed E-state index contributed by atoms with van der Waals surface area (Å²) in [6.07, 6.45) is 0.915. The van der Waals surface area contributed by atoms with Crippen LogP contribution in [0.4, 0.5) is 5.69 Å². The predicted molar refractivity (Wildman–Crippen MR) is 85.8 cm³/mol. The Morgan fingerprint density at radius 3 is 2.67 bits per heavy atom. The van der Waals surface area contributed by atoms with Gasteiger partial charge in [0.2, 0.25) is 5.91 Å². The molecular weight excluding hydrogens is 284 g/mol. The van der Waals surface area contributed by atoms with Crippen molar-refractivity contribution in [1.29, 1.82) is 0 Å². The number of anilines is 1. The zero-order valence-corrected chi connectivity index (χ0v) is 12.9. The van der Waals surface area contributed by atoms with Gasteiger partial charge >= 0.3 is 0 Å². The highest BCUT2D eigenvalue weighted by Crippen LogP contribution is 2.14. The first-order chi connectivity index (χ1) is 10.1. The van der Waals surface area contributed by atoms with Gasteiger partial charge in [0.25, 0.3) is 5.91 Å². The largest absolute Gasteiger partial charge is 0.342 e. The van der Waals surface area contributed by atoms with Gasteiger partial charge in [0.1, 0.15) is 0 Å². The molecule has 1 aromatic carbocycles. The average molecular weight is 302 g/mol. The Kier molecular flexibility index (Phi) is 5.11. The summed E-state index contributed by atoms with van der Waals surface area (Å²) in [7, 11) is 0. The number of aryl methyl sites for hydroxylation is 2. The minimum Gasteiger partial charge on any atom is -0.342 e. The summed E-state index contributed by atoms with van der Waals surface area (Å²) in [5, 5.41) is 5.40. The molecule has 2 aromatic rings. The van der Waals surface area contributed by atoms with Crippen LogP contribution in [0, 0.1) is 6.92 Å². The van der Waals surface area contributed by atoms with Gasteiger partial charge in [0.15, 0.2) is 0 Å². The van der Waals surface area contributed by atoms with Crippen molar-refractivity contribution in [1.82, 2.24) is 5.32 Å². The molecule has 0 bridgehead atoms. The lowest BCUT2D eigenvalue weighted by Crippen LogP contribution is -2.32. The number of benzene rings is 1. The van der Waals surface area contributed by atoms with Crippen LogP contribution in [-0.2, 0) is 11.2 Å². The van der Waals surface area contributed by atoms with Crippen molar-refractivity contribution in [2.75, 3.05) is 11.9 Å². The van der Waals surface area contributed by atoms with Gasteiger partial charge in [-0.15, -0.1) is 11.3 Å². The quantitative estimate of drug-likeness (QED) is 0.892. The molecule has 0 saturated heterocycles. The fourth-order valence-electron chi connectivity index (χ4n) is 1.88. The fourth-order valence-corrected chi connectivity index (χ4v) is 2.66. The maximum atomic E-state index is 11.8. The van der Waals surface area contributed by atoms with E-state index in [0.717, 1.165) is 22.5 Å². The maximum Gasteiger partial charge on any atom is 0.261 e. The first-order valence-corrected chi connectivity index (χ1v) is 7.63. The monoisotopic (exact) mass is 302 g/mol. The van der Waals surface area contributed by atoms with Crippen molar-refractivity contribution >= 4 is 28.8 Å². The number of carbonyl (C=O) groups excluding carboxylic acids is 2. The highest BCUT2D eigenvalue weighted by molar-refractivity contribution is 7.13. The van der Waals surface area contributed by atoms with Gasteiger partial charge in [0.05, 0.1) is 11.4 Å². The van der Waals surface area contributed by atoms with E-state index in [4.69, 9.17) is 0 Å². The smallest absolute Gasteiger partial charge is 0.261 e. The summed E-state index contributed by atoms with van der Waals surface area (Å²) < 4.78 is 0. The van der Waals surface area contributed by atoms with E-state index >= 15 is 0 Å². The van der Waals surface area contributed by atoms with Gasteiger partial charge in [-0.1, -0.05) is 19.1 Å². The van der Waals surface area contributed by atoms with Crippen molar-refractivity contribution in [3.05, 3.63) is 51.7 Å². The van der Waals surface area contributed by atoms with E-state index in [1.165, 1.54) is 11.3 Å². The molecule has 1 heterocycles. The molecule has 2 rings (SSSR count). The van der Waals surface area contributed by atoms with Crippen LogP contribution in [-0.4, -0.2) is 18.4 Å². The Morgan fingerprint density at radius 2 is 2.00 bits per heavy atom. The first-order valence-electron chi connectivity index (χ1n) is 6.82. The van der Waals surface area contributed by atoms with Crippen LogP contribution in [0.25, 0.3) is 0 Å². The van der Waals surface area contributed by atoms with Crippen molar-refractivity contribution in [2.24, 2.45) is 0 Å². The maximum absolute atomic E-state index is 11.8. The summed E-state index contributed by atoms with van der Waals surface area (Å²) in [5.41, 5.74) is 1.91. The molecule has 0 aliphatic carbocycles. The van der Waals surface area contributed by atoms with E-state index < -0.39 is 0 Å². The number of hydrogen-bond donors (Lipinski definition) is 2. The van der Waals surface area contributed by atoms with Gasteiger partial charge in [-0.2, -0.15) is 0 Å². The van der Waals surface area contributed by atoms with Crippen LogP contribution >= 0.6 is 11.3 Å². The summed E-state index contributed by atoms with van der Waals surface area (Å²) in [6, 6.07) is 11.3. The minimum atomic E-state index is -0.232. The van der Waals surface area contributed by atoms with Crippen molar-refractivity contribution in [2.45, 2.75) is 20.3 Å². The standard InChI is InChI=1S/C16H18N2O2S/c1-3-12-5-4-6-13(9-12)18-15(19)10-17-16(20)14-8-7-11(2)21-14/h4-9H,3,10H2,1-2H3,(H,17,20)(H,18,19). The molecule has 4 nitrogen and oxygen atoms in total. The Morgan fingerprint density at radius 1 is 1.19 bits per heavy atom. The number of thiophene rings is 1. The van der Waals surface area contributed by atoms with Crippen LogP contribution in [0.5, 0.6) is 0 Å². The van der Waals surface area contributed by atoms with Gasteiger partial charge < -0.3 is 10.6 Å². The van der Waals surface area contributed by atoms with Crippen LogP contribution in [0.3, 0.4) is 0 Å². The number of nitrogens with one attached hydrogen (secondary N) is 2. The van der Waals surface area contributed by atoms with E-state index in [1.807, 2.05) is 37.3 Å². The molecule has 0 fully saturated rings. The van der Waals surface area contributed by atoms with Gasteiger partial charge in [-0.25, -0.2) is 0 Å². The Labute approximate surface area is 128 Å². The number of hydrogen-bond acceptors (Lipinski definition) is 3. The zero-order valence-electron chi connectivity index (χ0n) is 12.1. The fraction of sp³-hybridized carbons (Fsp3) is 0.250. The lowest BCUT2D eigenvalue weighted by Gasteiger charge is -2.07. The molecule has 1 aromatic heterocycles. The molecule has 0 spiro atoms. The third-order valence-electron chi connectivity index (χ3n) is 2.99. The Balaban J connectivity index is 1.85. The van der Waals surface area contributed by atoms with Gasteiger partial charge in [-0.05, 0) is 43.2 Å². The van der Waals surface area contributed by atoms with E-state index in [-0.39, 0.29) is 18.4 Å². The lowest BCUT2D eigenvalue weighted by molar-refractivity contribution is -0.115. The second-order valence-electron chi connectivity index (χ2n) is 4.70. The third-order valence-corrected chi connectivity index (χ3v) is 3.99. The van der Waals surface area contributed by atoms with Crippen molar-refractivity contribution in [3.63, 3.8) is 0 Å². The zero-order chi connectivity index (χ0) is 15.2. The van der Waals surface area contributed by atoms with Crippen LogP contribution in [0.2, 0.25) is 0 Å². The summed E-state index contributed by atoms with van der Waals surface area (Å²) >= 11 is 1.41. The Bertz CT molecular complexity index is 649. The Hall–Kier alpha value is -2.14. The second-order valence-corrected chi connectivity index (χ2v) is 5.98. The molecule has 0 unspecified atom stereocenters. The van der Waals surface area contributed by atoms with E-state index in [2.05, 4.69) is 17.6 Å². The van der Waals surface area contributed by atoms with Crippen LogP contribution in [0.1, 0.15) is 27.0 Å². The second kappa shape index (κ2) is 7.04. The molecule has 2 amide bonds. The van der Waals surface area contributed by atoms with E-state index in [9.17, 15) is 9.59 Å². The van der Waals surface area contributed by atoms with Gasteiger partial charge in [0, 0.05) is 10.6 Å². The molecular formula is C16H18N2O2S. The normalized spacial score (nSPS) is 10.2. The average Bonchev–Trinajstić information content (AvgIpc) is 2.91. The molecule has 110 valence electrons. The minimum absolute atomic E-state index is 0.0356. The van der Waals surface area contributed by atoms with Gasteiger partial charge in [-0.3, -0.25) is 9.59 Å². The highest BCUT2D eigenvalue weighted by atomic mass is 32.1. The van der Waals surface area contributed by atoms with E-state index in [0.29, 0.717) is 4.88 Å². The lowest BCUT2D eigenvalue weighted by atomic mass is 10.1. The number of carbonyl (C=O) groups is 2. The molecule has 0 saturated carbocycles. The van der Waals surface area contributed by atoms with Crippen LogP contribution in [0.15, 0.2) is 36.4 Å². The summed E-state index contributed by atoms with van der Waals surface area (Å²) in [5.74, 6) is -0.449. The molecule has 5 heteroatoms. The molecule has 0 aliphatic rings. The molecule has 0 atom stereocenters. The molecule has 2 N–H and O–H groups in total. The van der Waals surface area contributed by atoms with Crippen molar-refractivity contribution in [3.8, 4) is 0 Å². The first kappa shape index (κ1) is 15.3. The number of amides is 2. The summed E-state index contributed by atoms with van der Waals surface area (Å²) in [6.45, 7) is 3.96. The predicted octanol–water partition coefficient (Wildman–Crippen LogP) is 2.99. The summed E-state index contributed by atoms with van der Waals surface area (Å²) in [4.78, 5) is 25.4. The SMILES string of the molecule is CCc1cccc(NC(=O)CNC(=O)c2ccc(C)s2)c1. The van der Waals surface area contributed by atoms with E-state index in [1.54, 1.807) is 6.07 Å².